The number of aromatic nitrogens is 1. The highest BCUT2D eigenvalue weighted by molar-refractivity contribution is 5.99. The average molecular weight is 212 g/mol. The minimum absolute atomic E-state index is 0.456. The smallest absolute Gasteiger partial charge is 0.152 e. The van der Waals surface area contributed by atoms with Crippen LogP contribution in [0.4, 0.5) is 0 Å². The summed E-state index contributed by atoms with van der Waals surface area (Å²) in [7, 11) is 0. The number of aryl methyl sites for hydroxylation is 1. The Balaban J connectivity index is 2.68. The van der Waals surface area contributed by atoms with E-state index in [-0.39, 0.29) is 0 Å². The number of rotatable bonds is 3. The van der Waals surface area contributed by atoms with Gasteiger partial charge in [0.2, 0.25) is 0 Å². The van der Waals surface area contributed by atoms with Crippen molar-refractivity contribution in [1.29, 1.82) is 5.26 Å². The minimum atomic E-state index is 0.456. The third kappa shape index (κ3) is 1.49. The van der Waals surface area contributed by atoms with Gasteiger partial charge in [-0.1, -0.05) is 18.2 Å². The van der Waals surface area contributed by atoms with Crippen molar-refractivity contribution in [3.8, 4) is 6.07 Å². The Bertz CT molecular complexity index is 575. The van der Waals surface area contributed by atoms with Crippen molar-refractivity contribution >= 4 is 17.2 Å². The van der Waals surface area contributed by atoms with Crippen LogP contribution in [0.25, 0.3) is 10.9 Å². The predicted octanol–water partition coefficient (Wildman–Crippen LogP) is 2.68. The van der Waals surface area contributed by atoms with E-state index >= 15 is 0 Å². The molecule has 0 spiro atoms. The molecule has 80 valence electrons. The summed E-state index contributed by atoms with van der Waals surface area (Å²) in [5.41, 5.74) is 2.69. The Hall–Kier alpha value is -2.08. The summed E-state index contributed by atoms with van der Waals surface area (Å²) in [5.74, 6) is 0. The topological polar surface area (TPSA) is 45.8 Å². The quantitative estimate of drug-likeness (QED) is 0.734. The standard InChI is InChI=1S/C13H12N2O/c1-10-12(9-16)11-5-2-3-6-13(11)15(10)8-4-7-14/h2-3,5-6,9H,4,8H2,1H3. The second-order valence-corrected chi connectivity index (χ2v) is 3.69. The molecule has 2 rings (SSSR count). The van der Waals surface area contributed by atoms with Crippen molar-refractivity contribution < 1.29 is 4.79 Å². The highest BCUT2D eigenvalue weighted by atomic mass is 16.1. The van der Waals surface area contributed by atoms with Crippen LogP contribution in [0.5, 0.6) is 0 Å². The molecule has 3 nitrogen and oxygen atoms in total. The molecule has 0 aliphatic heterocycles. The average Bonchev–Trinajstić information content (AvgIpc) is 2.58. The summed E-state index contributed by atoms with van der Waals surface area (Å²) < 4.78 is 2.03. The second kappa shape index (κ2) is 4.19. The van der Waals surface area contributed by atoms with Gasteiger partial charge in [-0.15, -0.1) is 0 Å². The Kier molecular flexibility index (Phi) is 2.74. The molecule has 0 saturated carbocycles. The van der Waals surface area contributed by atoms with Crippen molar-refractivity contribution in [1.82, 2.24) is 4.57 Å². The van der Waals surface area contributed by atoms with Crippen LogP contribution >= 0.6 is 0 Å². The maximum absolute atomic E-state index is 11.1. The molecule has 0 unspecified atom stereocenters. The summed E-state index contributed by atoms with van der Waals surface area (Å²) in [6.07, 6.45) is 1.35. The van der Waals surface area contributed by atoms with E-state index in [0.717, 1.165) is 28.4 Å². The number of carbonyl (C=O) groups excluding carboxylic acids is 1. The Morgan fingerprint density at radius 1 is 1.44 bits per heavy atom. The van der Waals surface area contributed by atoms with Gasteiger partial charge in [0.15, 0.2) is 6.29 Å². The van der Waals surface area contributed by atoms with Gasteiger partial charge in [-0.25, -0.2) is 0 Å². The number of hydrogen-bond donors (Lipinski definition) is 0. The summed E-state index contributed by atoms with van der Waals surface area (Å²) >= 11 is 0. The van der Waals surface area contributed by atoms with Crippen LogP contribution in [-0.4, -0.2) is 10.9 Å². The van der Waals surface area contributed by atoms with E-state index in [1.54, 1.807) is 0 Å². The molecule has 1 heterocycles. The first-order valence-corrected chi connectivity index (χ1v) is 5.19. The fourth-order valence-corrected chi connectivity index (χ4v) is 2.06. The van der Waals surface area contributed by atoms with E-state index in [1.807, 2.05) is 35.8 Å². The maximum atomic E-state index is 11.1. The number of para-hydroxylation sites is 1. The van der Waals surface area contributed by atoms with Gasteiger partial charge in [0, 0.05) is 28.7 Å². The predicted molar refractivity (Wildman–Crippen MR) is 62.3 cm³/mol. The molecular formula is C13H12N2O. The number of carbonyl (C=O) groups is 1. The number of hydrogen-bond acceptors (Lipinski definition) is 2. The van der Waals surface area contributed by atoms with Crippen LogP contribution in [0.1, 0.15) is 22.5 Å². The molecule has 0 bridgehead atoms. The van der Waals surface area contributed by atoms with Gasteiger partial charge in [0.05, 0.1) is 12.5 Å². The monoisotopic (exact) mass is 212 g/mol. The van der Waals surface area contributed by atoms with Crippen molar-refractivity contribution in [2.75, 3.05) is 0 Å². The Labute approximate surface area is 93.9 Å². The SMILES string of the molecule is Cc1c(C=O)c2ccccc2n1CCC#N. The van der Waals surface area contributed by atoms with Crippen molar-refractivity contribution in [3.63, 3.8) is 0 Å². The van der Waals surface area contributed by atoms with E-state index in [1.165, 1.54) is 0 Å². The molecule has 1 aromatic carbocycles. The molecule has 0 fully saturated rings. The molecular weight excluding hydrogens is 200 g/mol. The number of nitrogens with zero attached hydrogens (tertiary/aromatic N) is 2. The maximum Gasteiger partial charge on any atom is 0.152 e. The largest absolute Gasteiger partial charge is 0.343 e. The zero-order valence-corrected chi connectivity index (χ0v) is 9.10. The fraction of sp³-hybridized carbons (Fsp3) is 0.231. The fourth-order valence-electron chi connectivity index (χ4n) is 2.06. The lowest BCUT2D eigenvalue weighted by atomic mass is 10.1. The van der Waals surface area contributed by atoms with Crippen LogP contribution in [0, 0.1) is 18.3 Å². The molecule has 0 saturated heterocycles. The zero-order chi connectivity index (χ0) is 11.5. The summed E-state index contributed by atoms with van der Waals surface area (Å²) in [5, 5.41) is 9.59. The van der Waals surface area contributed by atoms with E-state index in [4.69, 9.17) is 5.26 Å². The molecule has 2 aromatic rings. The summed E-state index contributed by atoms with van der Waals surface area (Å²) in [4.78, 5) is 11.1. The van der Waals surface area contributed by atoms with Gasteiger partial charge in [-0.3, -0.25) is 4.79 Å². The number of nitriles is 1. The lowest BCUT2D eigenvalue weighted by molar-refractivity contribution is 0.112. The second-order valence-electron chi connectivity index (χ2n) is 3.69. The first-order chi connectivity index (χ1) is 7.79. The number of fused-ring (bicyclic) bond motifs is 1. The van der Waals surface area contributed by atoms with Crippen LogP contribution in [0.2, 0.25) is 0 Å². The first kappa shape index (κ1) is 10.4. The van der Waals surface area contributed by atoms with E-state index in [0.29, 0.717) is 13.0 Å². The molecule has 0 radical (unpaired) electrons. The van der Waals surface area contributed by atoms with Gasteiger partial charge in [0.25, 0.3) is 0 Å². The molecule has 0 atom stereocenters. The highest BCUT2D eigenvalue weighted by Gasteiger charge is 2.11. The van der Waals surface area contributed by atoms with Gasteiger partial charge in [0.1, 0.15) is 0 Å². The molecule has 0 N–H and O–H groups in total. The molecule has 0 amide bonds. The first-order valence-electron chi connectivity index (χ1n) is 5.19. The molecule has 3 heteroatoms. The summed E-state index contributed by atoms with van der Waals surface area (Å²) in [6.45, 7) is 2.55. The van der Waals surface area contributed by atoms with Crippen molar-refractivity contribution in [3.05, 3.63) is 35.5 Å². The number of aldehydes is 1. The van der Waals surface area contributed by atoms with Gasteiger partial charge in [-0.05, 0) is 13.0 Å². The Morgan fingerprint density at radius 2 is 2.19 bits per heavy atom. The van der Waals surface area contributed by atoms with E-state index in [9.17, 15) is 4.79 Å². The lowest BCUT2D eigenvalue weighted by Gasteiger charge is -2.04. The lowest BCUT2D eigenvalue weighted by Crippen LogP contribution is -1.99. The number of benzene rings is 1. The van der Waals surface area contributed by atoms with Gasteiger partial charge >= 0.3 is 0 Å². The van der Waals surface area contributed by atoms with Crippen LogP contribution in [0.15, 0.2) is 24.3 Å². The summed E-state index contributed by atoms with van der Waals surface area (Å²) in [6, 6.07) is 9.91. The third-order valence-corrected chi connectivity index (χ3v) is 2.84. The van der Waals surface area contributed by atoms with Crippen molar-refractivity contribution in [2.24, 2.45) is 0 Å². The van der Waals surface area contributed by atoms with Crippen LogP contribution in [0.3, 0.4) is 0 Å². The molecule has 16 heavy (non-hydrogen) atoms. The Morgan fingerprint density at radius 3 is 2.88 bits per heavy atom. The van der Waals surface area contributed by atoms with Crippen LogP contribution in [-0.2, 0) is 6.54 Å². The minimum Gasteiger partial charge on any atom is -0.343 e. The van der Waals surface area contributed by atoms with Gasteiger partial charge in [-0.2, -0.15) is 5.26 Å². The molecule has 0 aliphatic rings. The normalized spacial score (nSPS) is 10.2. The molecule has 0 aliphatic carbocycles. The van der Waals surface area contributed by atoms with Crippen LogP contribution < -0.4 is 0 Å². The van der Waals surface area contributed by atoms with E-state index < -0.39 is 0 Å². The highest BCUT2D eigenvalue weighted by Crippen LogP contribution is 2.24. The van der Waals surface area contributed by atoms with E-state index in [2.05, 4.69) is 6.07 Å². The third-order valence-electron chi connectivity index (χ3n) is 2.84. The molecule has 1 aromatic heterocycles. The zero-order valence-electron chi connectivity index (χ0n) is 9.10. The van der Waals surface area contributed by atoms with Gasteiger partial charge < -0.3 is 4.57 Å². The van der Waals surface area contributed by atoms with Crippen molar-refractivity contribution in [2.45, 2.75) is 19.9 Å².